The highest BCUT2D eigenvalue weighted by Crippen LogP contribution is 2.40. The Bertz CT molecular complexity index is 314. The number of aliphatic hydroxyl groups is 1. The lowest BCUT2D eigenvalue weighted by atomic mass is 9.68. The Kier molecular flexibility index (Phi) is 4.88. The van der Waals surface area contributed by atoms with Gasteiger partial charge in [-0.3, -0.25) is 4.79 Å². The van der Waals surface area contributed by atoms with Gasteiger partial charge in [0.2, 0.25) is 5.91 Å². The first-order chi connectivity index (χ1) is 9.00. The van der Waals surface area contributed by atoms with Crippen molar-refractivity contribution in [2.24, 2.45) is 17.3 Å². The fourth-order valence-corrected chi connectivity index (χ4v) is 3.76. The molecule has 3 heteroatoms. The van der Waals surface area contributed by atoms with Crippen molar-refractivity contribution >= 4 is 5.91 Å². The third-order valence-electron chi connectivity index (χ3n) is 5.23. The molecule has 0 aromatic rings. The van der Waals surface area contributed by atoms with E-state index >= 15 is 0 Å². The van der Waals surface area contributed by atoms with Gasteiger partial charge in [-0.1, -0.05) is 39.5 Å². The molecule has 2 aliphatic carbocycles. The standard InChI is InChI=1S/C16H29NO2/c1-16(2)10-6-5-8-13(16)15(19)17-11-12-7-3-4-9-14(12)18/h12-14,18H,3-11H2,1-2H3,(H,17,19). The summed E-state index contributed by atoms with van der Waals surface area (Å²) in [5.41, 5.74) is 0.132. The Morgan fingerprint density at radius 2 is 1.84 bits per heavy atom. The Labute approximate surface area is 117 Å². The van der Waals surface area contributed by atoms with Crippen LogP contribution in [0.2, 0.25) is 0 Å². The van der Waals surface area contributed by atoms with Crippen LogP contribution in [0.5, 0.6) is 0 Å². The van der Waals surface area contributed by atoms with Gasteiger partial charge >= 0.3 is 0 Å². The second-order valence-corrected chi connectivity index (χ2v) is 7.14. The number of hydrogen-bond acceptors (Lipinski definition) is 2. The number of carbonyl (C=O) groups excluding carboxylic acids is 1. The number of aliphatic hydroxyl groups excluding tert-OH is 1. The molecule has 3 atom stereocenters. The SMILES string of the molecule is CC1(C)CCCCC1C(=O)NCC1CCCCC1O. The van der Waals surface area contributed by atoms with Gasteiger partial charge < -0.3 is 10.4 Å². The van der Waals surface area contributed by atoms with Crippen molar-refractivity contribution in [2.45, 2.75) is 71.3 Å². The number of rotatable bonds is 3. The van der Waals surface area contributed by atoms with Gasteiger partial charge in [0.1, 0.15) is 0 Å². The van der Waals surface area contributed by atoms with E-state index in [1.165, 1.54) is 19.3 Å². The molecular formula is C16H29NO2. The third kappa shape index (κ3) is 3.71. The van der Waals surface area contributed by atoms with Crippen molar-refractivity contribution in [2.75, 3.05) is 6.54 Å². The van der Waals surface area contributed by atoms with E-state index in [-0.39, 0.29) is 29.3 Å². The van der Waals surface area contributed by atoms with Crippen molar-refractivity contribution in [3.05, 3.63) is 0 Å². The van der Waals surface area contributed by atoms with Gasteiger partial charge in [-0.2, -0.15) is 0 Å². The molecule has 19 heavy (non-hydrogen) atoms. The van der Waals surface area contributed by atoms with E-state index in [9.17, 15) is 9.90 Å². The van der Waals surface area contributed by atoms with Crippen LogP contribution in [0.1, 0.15) is 65.2 Å². The average Bonchev–Trinajstić information content (AvgIpc) is 2.37. The van der Waals surface area contributed by atoms with Crippen LogP contribution in [0.4, 0.5) is 0 Å². The molecule has 0 spiro atoms. The molecule has 2 saturated carbocycles. The summed E-state index contributed by atoms with van der Waals surface area (Å²) in [6.45, 7) is 5.09. The topological polar surface area (TPSA) is 49.3 Å². The summed E-state index contributed by atoms with van der Waals surface area (Å²) in [6, 6.07) is 0. The van der Waals surface area contributed by atoms with Gasteiger partial charge in [-0.05, 0) is 31.1 Å². The van der Waals surface area contributed by atoms with E-state index < -0.39 is 0 Å². The van der Waals surface area contributed by atoms with Crippen LogP contribution in [0.25, 0.3) is 0 Å². The number of nitrogens with one attached hydrogen (secondary N) is 1. The second-order valence-electron chi connectivity index (χ2n) is 7.14. The summed E-state index contributed by atoms with van der Waals surface area (Å²) in [5.74, 6) is 0.633. The lowest BCUT2D eigenvalue weighted by molar-refractivity contribution is -0.130. The van der Waals surface area contributed by atoms with Crippen LogP contribution in [-0.2, 0) is 4.79 Å². The minimum absolute atomic E-state index is 0.132. The summed E-state index contributed by atoms with van der Waals surface area (Å²) in [6.07, 6.45) is 8.64. The molecule has 1 amide bonds. The van der Waals surface area contributed by atoms with Crippen LogP contribution < -0.4 is 5.32 Å². The summed E-state index contributed by atoms with van der Waals surface area (Å²) in [7, 11) is 0. The molecule has 0 aromatic carbocycles. The first-order valence-electron chi connectivity index (χ1n) is 7.96. The predicted molar refractivity (Wildman–Crippen MR) is 76.7 cm³/mol. The highest BCUT2D eigenvalue weighted by molar-refractivity contribution is 5.79. The molecular weight excluding hydrogens is 238 g/mol. The highest BCUT2D eigenvalue weighted by Gasteiger charge is 2.37. The fourth-order valence-electron chi connectivity index (χ4n) is 3.76. The zero-order chi connectivity index (χ0) is 13.9. The van der Waals surface area contributed by atoms with Crippen LogP contribution in [0.3, 0.4) is 0 Å². The molecule has 3 nitrogen and oxygen atoms in total. The molecule has 0 aromatic heterocycles. The van der Waals surface area contributed by atoms with Crippen molar-refractivity contribution in [3.8, 4) is 0 Å². The number of amides is 1. The highest BCUT2D eigenvalue weighted by atomic mass is 16.3. The minimum Gasteiger partial charge on any atom is -0.393 e. The monoisotopic (exact) mass is 267 g/mol. The van der Waals surface area contributed by atoms with Gasteiger partial charge in [0.25, 0.3) is 0 Å². The van der Waals surface area contributed by atoms with Crippen LogP contribution >= 0.6 is 0 Å². The van der Waals surface area contributed by atoms with Crippen molar-refractivity contribution in [3.63, 3.8) is 0 Å². The minimum atomic E-state index is -0.214. The molecule has 0 saturated heterocycles. The maximum atomic E-state index is 12.4. The van der Waals surface area contributed by atoms with Crippen molar-refractivity contribution < 1.29 is 9.90 Å². The molecule has 2 aliphatic rings. The van der Waals surface area contributed by atoms with Crippen molar-refractivity contribution in [1.29, 1.82) is 0 Å². The van der Waals surface area contributed by atoms with Gasteiger partial charge in [-0.15, -0.1) is 0 Å². The summed E-state index contributed by atoms with van der Waals surface area (Å²) >= 11 is 0. The second kappa shape index (κ2) is 6.25. The molecule has 2 fully saturated rings. The van der Waals surface area contributed by atoms with Crippen LogP contribution in [0, 0.1) is 17.3 Å². The van der Waals surface area contributed by atoms with E-state index in [0.717, 1.165) is 32.1 Å². The quantitative estimate of drug-likeness (QED) is 0.826. The predicted octanol–water partition coefficient (Wildman–Crippen LogP) is 2.87. The first-order valence-corrected chi connectivity index (χ1v) is 7.96. The van der Waals surface area contributed by atoms with E-state index in [2.05, 4.69) is 19.2 Å². The maximum Gasteiger partial charge on any atom is 0.223 e. The molecule has 3 unspecified atom stereocenters. The third-order valence-corrected chi connectivity index (χ3v) is 5.23. The van der Waals surface area contributed by atoms with Gasteiger partial charge in [0, 0.05) is 18.4 Å². The molecule has 0 heterocycles. The number of carbonyl (C=O) groups is 1. The van der Waals surface area contributed by atoms with Crippen LogP contribution in [-0.4, -0.2) is 23.7 Å². The number of hydrogen-bond donors (Lipinski definition) is 2. The van der Waals surface area contributed by atoms with Gasteiger partial charge in [0.05, 0.1) is 6.10 Å². The Morgan fingerprint density at radius 3 is 2.53 bits per heavy atom. The zero-order valence-electron chi connectivity index (χ0n) is 12.5. The average molecular weight is 267 g/mol. The lowest BCUT2D eigenvalue weighted by Crippen LogP contribution is -2.44. The zero-order valence-corrected chi connectivity index (χ0v) is 12.5. The van der Waals surface area contributed by atoms with E-state index in [4.69, 9.17) is 0 Å². The summed E-state index contributed by atoms with van der Waals surface area (Å²) in [5, 5.41) is 13.1. The summed E-state index contributed by atoms with van der Waals surface area (Å²) in [4.78, 5) is 12.4. The van der Waals surface area contributed by atoms with Crippen LogP contribution in [0.15, 0.2) is 0 Å². The van der Waals surface area contributed by atoms with E-state index in [1.54, 1.807) is 0 Å². The van der Waals surface area contributed by atoms with Crippen molar-refractivity contribution in [1.82, 2.24) is 5.32 Å². The first kappa shape index (κ1) is 14.8. The molecule has 110 valence electrons. The smallest absolute Gasteiger partial charge is 0.223 e. The lowest BCUT2D eigenvalue weighted by Gasteiger charge is -2.38. The summed E-state index contributed by atoms with van der Waals surface area (Å²) < 4.78 is 0. The molecule has 0 radical (unpaired) electrons. The van der Waals surface area contributed by atoms with Gasteiger partial charge in [0.15, 0.2) is 0 Å². The Morgan fingerprint density at radius 1 is 1.16 bits per heavy atom. The fraction of sp³-hybridized carbons (Fsp3) is 0.938. The molecule has 2 rings (SSSR count). The maximum absolute atomic E-state index is 12.4. The normalized spacial score (nSPS) is 34.8. The molecule has 0 bridgehead atoms. The van der Waals surface area contributed by atoms with E-state index in [1.807, 2.05) is 0 Å². The van der Waals surface area contributed by atoms with E-state index in [0.29, 0.717) is 6.54 Å². The van der Waals surface area contributed by atoms with Gasteiger partial charge in [-0.25, -0.2) is 0 Å². The Balaban J connectivity index is 1.83. The molecule has 2 N–H and O–H groups in total. The Hall–Kier alpha value is -0.570. The largest absolute Gasteiger partial charge is 0.393 e. The molecule has 0 aliphatic heterocycles.